The fourth-order valence-electron chi connectivity index (χ4n) is 2.08. The van der Waals surface area contributed by atoms with Gasteiger partial charge in [-0.05, 0) is 23.8 Å². The van der Waals surface area contributed by atoms with Crippen molar-refractivity contribution in [2.45, 2.75) is 6.04 Å². The fourth-order valence-corrected chi connectivity index (χ4v) is 2.59. The number of esters is 1. The van der Waals surface area contributed by atoms with Crippen LogP contribution in [0.2, 0.25) is 5.02 Å². The number of methoxy groups -OCH3 is 1. The van der Waals surface area contributed by atoms with E-state index in [0.29, 0.717) is 15.8 Å². The van der Waals surface area contributed by atoms with Crippen LogP contribution in [0.15, 0.2) is 36.5 Å². The second-order valence-corrected chi connectivity index (χ2v) is 4.94. The minimum absolute atomic E-state index is 0.387. The van der Waals surface area contributed by atoms with E-state index in [9.17, 15) is 4.79 Å². The molecule has 1 aliphatic rings. The number of carbonyl (C=O) groups excluding carboxylic acids is 1. The molecule has 0 aliphatic carbocycles. The highest BCUT2D eigenvalue weighted by Gasteiger charge is 2.38. The number of hydrogen-bond acceptors (Lipinski definition) is 3. The average Bonchev–Trinajstić information content (AvgIpc) is 2.37. The molecule has 2 N–H and O–H groups in total. The molecule has 2 atom stereocenters. The van der Waals surface area contributed by atoms with Crippen molar-refractivity contribution in [2.24, 2.45) is 5.92 Å². The molecule has 1 aliphatic heterocycles. The predicted molar refractivity (Wildman–Crippen MR) is 77.7 cm³/mol. The summed E-state index contributed by atoms with van der Waals surface area (Å²) in [5, 5.41) is 6.86. The second kappa shape index (κ2) is 5.59. The number of ether oxygens (including phenoxy) is 1. The van der Waals surface area contributed by atoms with Gasteiger partial charge in [0.05, 0.1) is 13.2 Å². The SMILES string of the molecule is C=C1NC(=S)NC(c2ccccc2Cl)C1C(=O)OC. The van der Waals surface area contributed by atoms with Crippen molar-refractivity contribution in [1.29, 1.82) is 0 Å². The van der Waals surface area contributed by atoms with Crippen LogP contribution in [0, 0.1) is 5.92 Å². The Morgan fingerprint density at radius 1 is 1.47 bits per heavy atom. The van der Waals surface area contributed by atoms with Gasteiger partial charge in [-0.2, -0.15) is 0 Å². The van der Waals surface area contributed by atoms with E-state index in [1.807, 2.05) is 18.2 Å². The van der Waals surface area contributed by atoms with E-state index in [4.69, 9.17) is 28.6 Å². The van der Waals surface area contributed by atoms with E-state index >= 15 is 0 Å². The summed E-state index contributed by atoms with van der Waals surface area (Å²) in [7, 11) is 1.34. The number of nitrogens with one attached hydrogen (secondary N) is 2. The Morgan fingerprint density at radius 3 is 2.79 bits per heavy atom. The molecule has 1 aromatic carbocycles. The van der Waals surface area contributed by atoms with Gasteiger partial charge in [0.2, 0.25) is 0 Å². The molecule has 0 spiro atoms. The zero-order chi connectivity index (χ0) is 14.0. The van der Waals surface area contributed by atoms with E-state index < -0.39 is 11.9 Å². The summed E-state index contributed by atoms with van der Waals surface area (Å²) in [4.78, 5) is 11.9. The van der Waals surface area contributed by atoms with Crippen molar-refractivity contribution in [3.05, 3.63) is 47.1 Å². The lowest BCUT2D eigenvalue weighted by Gasteiger charge is -2.34. The van der Waals surface area contributed by atoms with E-state index in [-0.39, 0.29) is 6.04 Å². The lowest BCUT2D eigenvalue weighted by atomic mass is 9.89. The molecule has 1 aromatic rings. The topological polar surface area (TPSA) is 50.4 Å². The van der Waals surface area contributed by atoms with Crippen LogP contribution in [0.3, 0.4) is 0 Å². The molecule has 1 saturated heterocycles. The van der Waals surface area contributed by atoms with Gasteiger partial charge < -0.3 is 15.4 Å². The highest BCUT2D eigenvalue weighted by molar-refractivity contribution is 7.80. The fraction of sp³-hybridized carbons (Fsp3) is 0.231. The molecule has 0 amide bonds. The van der Waals surface area contributed by atoms with Crippen LogP contribution in [0.4, 0.5) is 0 Å². The first-order valence-electron chi connectivity index (χ1n) is 5.63. The first-order chi connectivity index (χ1) is 9.04. The van der Waals surface area contributed by atoms with Crippen LogP contribution in [-0.2, 0) is 9.53 Å². The van der Waals surface area contributed by atoms with Crippen LogP contribution >= 0.6 is 23.8 Å². The standard InChI is InChI=1S/C13H13ClN2O2S/c1-7-10(12(17)18-2)11(16-13(19)15-7)8-5-3-4-6-9(8)14/h3-6,10-11H,1H2,2H3,(H2,15,16,19). The first kappa shape index (κ1) is 13.8. The zero-order valence-corrected chi connectivity index (χ0v) is 11.8. The van der Waals surface area contributed by atoms with Gasteiger partial charge in [-0.1, -0.05) is 36.4 Å². The monoisotopic (exact) mass is 296 g/mol. The van der Waals surface area contributed by atoms with Gasteiger partial charge >= 0.3 is 5.97 Å². The third kappa shape index (κ3) is 2.72. The Labute approximate surface area is 121 Å². The summed E-state index contributed by atoms with van der Waals surface area (Å²) in [5.74, 6) is -0.978. The molecule has 4 nitrogen and oxygen atoms in total. The molecule has 0 bridgehead atoms. The van der Waals surface area contributed by atoms with Crippen molar-refractivity contribution < 1.29 is 9.53 Å². The third-order valence-corrected chi connectivity index (χ3v) is 3.53. The smallest absolute Gasteiger partial charge is 0.317 e. The van der Waals surface area contributed by atoms with E-state index in [1.54, 1.807) is 6.07 Å². The molecule has 1 fully saturated rings. The number of carbonyl (C=O) groups is 1. The first-order valence-corrected chi connectivity index (χ1v) is 6.41. The Morgan fingerprint density at radius 2 is 2.16 bits per heavy atom. The molecule has 1 heterocycles. The van der Waals surface area contributed by atoms with Gasteiger partial charge in [0.1, 0.15) is 5.92 Å². The Hall–Kier alpha value is -1.59. The molecule has 6 heteroatoms. The van der Waals surface area contributed by atoms with E-state index in [1.165, 1.54) is 7.11 Å². The highest BCUT2D eigenvalue weighted by Crippen LogP contribution is 2.33. The zero-order valence-electron chi connectivity index (χ0n) is 10.3. The van der Waals surface area contributed by atoms with Gasteiger partial charge in [0, 0.05) is 10.7 Å². The van der Waals surface area contributed by atoms with Crippen LogP contribution in [0.1, 0.15) is 11.6 Å². The van der Waals surface area contributed by atoms with Crippen molar-refractivity contribution in [1.82, 2.24) is 10.6 Å². The summed E-state index contributed by atoms with van der Waals surface area (Å²) in [6, 6.07) is 6.90. The van der Waals surface area contributed by atoms with E-state index in [2.05, 4.69) is 17.2 Å². The molecular formula is C13H13ClN2O2S. The maximum atomic E-state index is 11.9. The molecular weight excluding hydrogens is 284 g/mol. The normalized spacial score (nSPS) is 22.4. The number of hydrogen-bond donors (Lipinski definition) is 2. The Bertz CT molecular complexity index is 547. The van der Waals surface area contributed by atoms with Crippen molar-refractivity contribution >= 4 is 34.9 Å². The van der Waals surface area contributed by atoms with Crippen LogP contribution in [0.5, 0.6) is 0 Å². The predicted octanol–water partition coefficient (Wildman–Crippen LogP) is 2.16. The molecule has 0 aromatic heterocycles. The number of halogens is 1. The molecule has 0 radical (unpaired) electrons. The molecule has 100 valence electrons. The maximum absolute atomic E-state index is 11.9. The Kier molecular flexibility index (Phi) is 4.07. The van der Waals surface area contributed by atoms with E-state index in [0.717, 1.165) is 5.56 Å². The number of rotatable bonds is 2. The molecule has 19 heavy (non-hydrogen) atoms. The lowest BCUT2D eigenvalue weighted by molar-refractivity contribution is -0.145. The highest BCUT2D eigenvalue weighted by atomic mass is 35.5. The van der Waals surface area contributed by atoms with Gasteiger partial charge in [-0.3, -0.25) is 4.79 Å². The average molecular weight is 297 g/mol. The molecule has 0 saturated carbocycles. The number of benzene rings is 1. The van der Waals surface area contributed by atoms with Gasteiger partial charge in [-0.25, -0.2) is 0 Å². The van der Waals surface area contributed by atoms with Crippen LogP contribution < -0.4 is 10.6 Å². The largest absolute Gasteiger partial charge is 0.468 e. The van der Waals surface area contributed by atoms with Crippen molar-refractivity contribution in [3.63, 3.8) is 0 Å². The minimum Gasteiger partial charge on any atom is -0.468 e. The van der Waals surface area contributed by atoms with Gasteiger partial charge in [-0.15, -0.1) is 0 Å². The summed E-state index contributed by atoms with van der Waals surface area (Å²) in [6.45, 7) is 3.84. The summed E-state index contributed by atoms with van der Waals surface area (Å²) >= 11 is 11.3. The minimum atomic E-state index is -0.586. The summed E-state index contributed by atoms with van der Waals surface area (Å²) < 4.78 is 4.82. The molecule has 2 unspecified atom stereocenters. The van der Waals surface area contributed by atoms with Crippen molar-refractivity contribution in [3.8, 4) is 0 Å². The summed E-state index contributed by atoms with van der Waals surface area (Å²) in [6.07, 6.45) is 0. The van der Waals surface area contributed by atoms with Gasteiger partial charge in [0.25, 0.3) is 0 Å². The molecule has 2 rings (SSSR count). The quantitative estimate of drug-likeness (QED) is 0.647. The third-order valence-electron chi connectivity index (χ3n) is 2.96. The van der Waals surface area contributed by atoms with Crippen LogP contribution in [-0.4, -0.2) is 18.2 Å². The Balaban J connectivity index is 2.44. The van der Waals surface area contributed by atoms with Crippen LogP contribution in [0.25, 0.3) is 0 Å². The summed E-state index contributed by atoms with van der Waals surface area (Å²) in [5.41, 5.74) is 1.28. The van der Waals surface area contributed by atoms with Gasteiger partial charge in [0.15, 0.2) is 5.11 Å². The maximum Gasteiger partial charge on any atom is 0.317 e. The lowest BCUT2D eigenvalue weighted by Crippen LogP contribution is -2.50. The second-order valence-electron chi connectivity index (χ2n) is 4.12. The number of thiocarbonyl (C=S) groups is 1. The van der Waals surface area contributed by atoms with Crippen molar-refractivity contribution in [2.75, 3.05) is 7.11 Å².